The van der Waals surface area contributed by atoms with E-state index in [9.17, 15) is 26.3 Å². The maximum Gasteiger partial charge on any atom is 0.601 e. The lowest BCUT2D eigenvalue weighted by molar-refractivity contribution is -0.0864. The number of hydrogen-bond acceptors (Lipinski definition) is 3. The standard InChI is InChI=1S/C18H16F3S.CHF3O3S/c1-12(2)14-9-6-10-16-15(14)11-17(22(16)18(19,20)21)13-7-4-3-5-8-13;2-1(3,4)8(5,6)7/h3-12H,1-2H3;(H,5,6,7)/q+1;/p-1. The van der Waals surface area contributed by atoms with Crippen molar-refractivity contribution in [2.45, 2.75) is 30.8 Å². The minimum atomic E-state index is -6.09. The quantitative estimate of drug-likeness (QED) is 0.177. The van der Waals surface area contributed by atoms with Crippen molar-refractivity contribution in [2.75, 3.05) is 0 Å². The molecule has 1 atom stereocenters. The van der Waals surface area contributed by atoms with Gasteiger partial charge in [-0.15, -0.1) is 13.2 Å². The first kappa shape index (κ1) is 24.2. The van der Waals surface area contributed by atoms with Gasteiger partial charge in [0.25, 0.3) is 0 Å². The van der Waals surface area contributed by atoms with Crippen LogP contribution in [0.15, 0.2) is 54.6 Å². The van der Waals surface area contributed by atoms with Crippen molar-refractivity contribution in [3.8, 4) is 10.4 Å². The van der Waals surface area contributed by atoms with Gasteiger partial charge < -0.3 is 4.55 Å². The van der Waals surface area contributed by atoms with Crippen LogP contribution < -0.4 is 0 Å². The summed E-state index contributed by atoms with van der Waals surface area (Å²) in [4.78, 5) is 0.371. The van der Waals surface area contributed by atoms with E-state index in [0.717, 1.165) is 10.9 Å². The Bertz CT molecular complexity index is 1110. The predicted molar refractivity (Wildman–Crippen MR) is 103 cm³/mol. The van der Waals surface area contributed by atoms with Crippen LogP contribution in [0.1, 0.15) is 25.3 Å². The summed E-state index contributed by atoms with van der Waals surface area (Å²) in [5.41, 5.74) is -8.28. The molecule has 0 saturated heterocycles. The molecule has 0 spiro atoms. The predicted octanol–water partition coefficient (Wildman–Crippen LogP) is 6.91. The third kappa shape index (κ3) is 5.32. The van der Waals surface area contributed by atoms with Gasteiger partial charge in [-0.3, -0.25) is 0 Å². The molecule has 0 aliphatic rings. The van der Waals surface area contributed by atoms with E-state index in [2.05, 4.69) is 0 Å². The first-order chi connectivity index (χ1) is 13.6. The SMILES string of the molecule is CC(C)c1cccc2c1cc(-c1ccccc1)[s+]2C(F)(F)F.O=S(=O)([O-])C(F)(F)F. The van der Waals surface area contributed by atoms with Gasteiger partial charge in [0.2, 0.25) is 0 Å². The molecule has 3 rings (SSSR count). The van der Waals surface area contributed by atoms with Crippen molar-refractivity contribution in [3.63, 3.8) is 0 Å². The molecule has 3 aromatic rings. The van der Waals surface area contributed by atoms with Gasteiger partial charge in [-0.25, -0.2) is 8.42 Å². The zero-order valence-corrected chi connectivity index (χ0v) is 17.2. The molecular formula is C19H16F6O3S2. The maximum absolute atomic E-state index is 13.7. The average molecular weight is 470 g/mol. The number of alkyl halides is 6. The van der Waals surface area contributed by atoms with Crippen molar-refractivity contribution < 1.29 is 39.3 Å². The van der Waals surface area contributed by atoms with Crippen molar-refractivity contribution in [1.82, 2.24) is 0 Å². The number of fused-ring (bicyclic) bond motifs is 1. The van der Waals surface area contributed by atoms with E-state index in [1.807, 2.05) is 26.0 Å². The minimum Gasteiger partial charge on any atom is -0.741 e. The molecule has 0 aliphatic heterocycles. The largest absolute Gasteiger partial charge is 0.741 e. The highest BCUT2D eigenvalue weighted by atomic mass is 32.2. The summed E-state index contributed by atoms with van der Waals surface area (Å²) in [6.45, 7) is 4.02. The second-order valence-electron chi connectivity index (χ2n) is 6.44. The highest BCUT2D eigenvalue weighted by molar-refractivity contribution is 7.86. The summed E-state index contributed by atoms with van der Waals surface area (Å²) >= 11 is 0. The Morgan fingerprint density at radius 3 is 1.87 bits per heavy atom. The average Bonchev–Trinajstić information content (AvgIpc) is 3.01. The summed E-state index contributed by atoms with van der Waals surface area (Å²) in [7, 11) is -7.96. The van der Waals surface area contributed by atoms with Crippen LogP contribution in [0.2, 0.25) is 0 Å². The Balaban J connectivity index is 0.000000343. The van der Waals surface area contributed by atoms with Crippen molar-refractivity contribution in [2.24, 2.45) is 0 Å². The molecular weight excluding hydrogens is 454 g/mol. The molecule has 0 aliphatic carbocycles. The van der Waals surface area contributed by atoms with Gasteiger partial charge in [0.05, 0.1) is 0 Å². The van der Waals surface area contributed by atoms with Crippen LogP contribution in [0.3, 0.4) is 0 Å². The molecule has 0 bridgehead atoms. The Morgan fingerprint density at radius 1 is 0.900 bits per heavy atom. The third-order valence-corrected chi connectivity index (χ3v) is 6.63. The molecule has 0 N–H and O–H groups in total. The number of halogens is 6. The van der Waals surface area contributed by atoms with Gasteiger partial charge in [0.1, 0.15) is 10.5 Å². The maximum atomic E-state index is 13.7. The Kier molecular flexibility index (Phi) is 6.89. The highest BCUT2D eigenvalue weighted by Gasteiger charge is 2.48. The van der Waals surface area contributed by atoms with Crippen LogP contribution in [0.25, 0.3) is 20.5 Å². The lowest BCUT2D eigenvalue weighted by Crippen LogP contribution is -2.21. The van der Waals surface area contributed by atoms with Crippen LogP contribution in [0.4, 0.5) is 26.3 Å². The number of thiophene rings is 1. The summed E-state index contributed by atoms with van der Waals surface area (Å²) in [6, 6.07) is 15.9. The molecule has 0 radical (unpaired) electrons. The summed E-state index contributed by atoms with van der Waals surface area (Å²) in [6.07, 6.45) is 0. The monoisotopic (exact) mass is 470 g/mol. The first-order valence-electron chi connectivity index (χ1n) is 8.38. The van der Waals surface area contributed by atoms with E-state index < -0.39 is 31.6 Å². The molecule has 1 aromatic heterocycles. The Labute approximate surface area is 171 Å². The fourth-order valence-corrected chi connectivity index (χ4v) is 4.71. The van der Waals surface area contributed by atoms with Crippen molar-refractivity contribution in [1.29, 1.82) is 0 Å². The lowest BCUT2D eigenvalue weighted by atomic mass is 9.99. The van der Waals surface area contributed by atoms with Gasteiger partial charge in [-0.1, -0.05) is 44.2 Å². The number of benzene rings is 2. The zero-order valence-electron chi connectivity index (χ0n) is 15.6. The van der Waals surface area contributed by atoms with E-state index in [1.165, 1.54) is 0 Å². The molecule has 11 heteroatoms. The molecule has 3 nitrogen and oxygen atoms in total. The van der Waals surface area contributed by atoms with E-state index in [4.69, 9.17) is 13.0 Å². The van der Waals surface area contributed by atoms with Crippen LogP contribution in [-0.4, -0.2) is 18.5 Å². The minimum absolute atomic E-state index is 0.194. The lowest BCUT2D eigenvalue weighted by Gasteiger charge is -2.08. The van der Waals surface area contributed by atoms with Crippen LogP contribution >= 0.6 is 10.5 Å². The fraction of sp³-hybridized carbons (Fsp3) is 0.263. The normalized spacial score (nSPS) is 13.3. The van der Waals surface area contributed by atoms with E-state index in [-0.39, 0.29) is 5.92 Å². The van der Waals surface area contributed by atoms with Gasteiger partial charge >= 0.3 is 11.0 Å². The van der Waals surface area contributed by atoms with E-state index >= 15 is 0 Å². The molecule has 0 saturated carbocycles. The van der Waals surface area contributed by atoms with Crippen molar-refractivity contribution >= 4 is 30.7 Å². The van der Waals surface area contributed by atoms with Gasteiger partial charge in [0.15, 0.2) is 19.7 Å². The molecule has 1 heterocycles. The van der Waals surface area contributed by atoms with Crippen LogP contribution in [0, 0.1) is 0 Å². The molecule has 0 amide bonds. The topological polar surface area (TPSA) is 57.2 Å². The molecule has 2 aromatic carbocycles. The fourth-order valence-electron chi connectivity index (χ4n) is 2.76. The third-order valence-electron chi connectivity index (χ3n) is 4.01. The van der Waals surface area contributed by atoms with Crippen LogP contribution in [-0.2, 0) is 15.6 Å². The smallest absolute Gasteiger partial charge is 0.601 e. The second-order valence-corrected chi connectivity index (χ2v) is 9.77. The van der Waals surface area contributed by atoms with Gasteiger partial charge in [-0.05, 0) is 29.7 Å². The molecule has 164 valence electrons. The Morgan fingerprint density at radius 2 is 1.43 bits per heavy atom. The first-order valence-corrected chi connectivity index (χ1v) is 11.0. The van der Waals surface area contributed by atoms with Crippen LogP contribution in [0.5, 0.6) is 0 Å². The Hall–Kier alpha value is -2.11. The zero-order chi connectivity index (χ0) is 22.9. The summed E-state index contributed by atoms with van der Waals surface area (Å²) in [5.74, 6) is 0.194. The van der Waals surface area contributed by atoms with Gasteiger partial charge in [-0.2, -0.15) is 13.2 Å². The van der Waals surface area contributed by atoms with E-state index in [1.54, 1.807) is 42.5 Å². The van der Waals surface area contributed by atoms with E-state index in [0.29, 0.717) is 15.1 Å². The number of rotatable bonds is 2. The van der Waals surface area contributed by atoms with Crippen molar-refractivity contribution in [3.05, 3.63) is 60.2 Å². The second kappa shape index (κ2) is 8.56. The molecule has 0 fully saturated rings. The van der Waals surface area contributed by atoms with Gasteiger partial charge in [0, 0.05) is 17.0 Å². The highest BCUT2D eigenvalue weighted by Crippen LogP contribution is 2.55. The molecule has 1 unspecified atom stereocenters. The molecule has 30 heavy (non-hydrogen) atoms. The summed E-state index contributed by atoms with van der Waals surface area (Å²) < 4.78 is 100. The number of hydrogen-bond donors (Lipinski definition) is 0. The summed E-state index contributed by atoms with van der Waals surface area (Å²) in [5, 5.41) is 0.747.